The van der Waals surface area contributed by atoms with E-state index in [1.54, 1.807) is 21.6 Å². The Labute approximate surface area is 153 Å². The molecule has 0 unspecified atom stereocenters. The van der Waals surface area contributed by atoms with Crippen LogP contribution in [0.5, 0.6) is 0 Å². The van der Waals surface area contributed by atoms with Crippen LogP contribution in [-0.4, -0.2) is 30.9 Å². The van der Waals surface area contributed by atoms with Gasteiger partial charge in [-0.05, 0) is 31.3 Å². The molecule has 124 valence electrons. The van der Waals surface area contributed by atoms with Crippen molar-refractivity contribution in [3.05, 3.63) is 56.3 Å². The van der Waals surface area contributed by atoms with E-state index in [2.05, 4.69) is 20.4 Å². The average Bonchev–Trinajstić information content (AvgIpc) is 3.06. The Morgan fingerprint density at radius 1 is 1.33 bits per heavy atom. The SMILES string of the molecule is CCc1n[nH]c(=S)n1/N=C\c1c(C)nn(-c2ccccc2Cl)c1Cl. The number of halogens is 2. The van der Waals surface area contributed by atoms with Gasteiger partial charge in [-0.25, -0.2) is 4.68 Å². The second-order valence-electron chi connectivity index (χ2n) is 5.01. The normalized spacial score (nSPS) is 11.5. The number of H-pyrrole nitrogens is 1. The van der Waals surface area contributed by atoms with E-state index < -0.39 is 0 Å². The molecule has 24 heavy (non-hydrogen) atoms. The van der Waals surface area contributed by atoms with Crippen LogP contribution in [0, 0.1) is 11.7 Å². The maximum Gasteiger partial charge on any atom is 0.216 e. The summed E-state index contributed by atoms with van der Waals surface area (Å²) >= 11 is 17.9. The summed E-state index contributed by atoms with van der Waals surface area (Å²) in [5.74, 6) is 0.739. The highest BCUT2D eigenvalue weighted by Crippen LogP contribution is 2.26. The highest BCUT2D eigenvalue weighted by Gasteiger charge is 2.15. The van der Waals surface area contributed by atoms with E-state index in [0.717, 1.165) is 11.5 Å². The molecule has 3 aromatic rings. The lowest BCUT2D eigenvalue weighted by Crippen LogP contribution is -1.98. The first-order valence-electron chi connectivity index (χ1n) is 7.23. The summed E-state index contributed by atoms with van der Waals surface area (Å²) in [5.41, 5.74) is 2.14. The summed E-state index contributed by atoms with van der Waals surface area (Å²) in [6.45, 7) is 3.83. The third-order valence-corrected chi connectivity index (χ3v) is 4.41. The van der Waals surface area contributed by atoms with Gasteiger partial charge in [-0.2, -0.15) is 20.0 Å². The number of para-hydroxylation sites is 1. The van der Waals surface area contributed by atoms with E-state index in [-0.39, 0.29) is 0 Å². The number of nitrogens with one attached hydrogen (secondary N) is 1. The van der Waals surface area contributed by atoms with E-state index in [1.807, 2.05) is 32.0 Å². The van der Waals surface area contributed by atoms with Gasteiger partial charge in [0, 0.05) is 6.42 Å². The molecule has 0 aliphatic heterocycles. The van der Waals surface area contributed by atoms with E-state index in [1.165, 1.54) is 0 Å². The van der Waals surface area contributed by atoms with Gasteiger partial charge in [0.25, 0.3) is 0 Å². The molecular formula is C15H14Cl2N6S. The molecule has 0 saturated carbocycles. The number of rotatable bonds is 4. The van der Waals surface area contributed by atoms with Crippen LogP contribution in [-0.2, 0) is 6.42 Å². The molecule has 0 aliphatic carbocycles. The fourth-order valence-corrected chi connectivity index (χ4v) is 2.96. The molecule has 3 rings (SSSR count). The minimum Gasteiger partial charge on any atom is -0.250 e. The van der Waals surface area contributed by atoms with Crippen molar-refractivity contribution in [1.29, 1.82) is 0 Å². The summed E-state index contributed by atoms with van der Waals surface area (Å²) in [5, 5.41) is 16.7. The lowest BCUT2D eigenvalue weighted by molar-refractivity contribution is 0.780. The number of nitrogens with zero attached hydrogens (tertiary/aromatic N) is 5. The maximum atomic E-state index is 6.48. The molecule has 1 aromatic carbocycles. The number of aromatic nitrogens is 5. The Hall–Kier alpha value is -1.96. The quantitative estimate of drug-likeness (QED) is 0.545. The molecule has 2 heterocycles. The van der Waals surface area contributed by atoms with Crippen molar-refractivity contribution in [2.24, 2.45) is 5.10 Å². The zero-order valence-electron chi connectivity index (χ0n) is 13.0. The standard InChI is InChI=1S/C15H14Cl2N6S/c1-3-13-19-20-15(24)23(13)18-8-10-9(2)21-22(14(10)17)12-7-5-4-6-11(12)16/h4-8H,3H2,1-2H3,(H,20,24)/b18-8-. The second kappa shape index (κ2) is 6.88. The second-order valence-corrected chi connectivity index (χ2v) is 6.16. The Bertz CT molecular complexity index is 969. The number of hydrogen-bond donors (Lipinski definition) is 1. The van der Waals surface area contributed by atoms with Crippen LogP contribution in [0.15, 0.2) is 29.4 Å². The topological polar surface area (TPSA) is 63.8 Å². The number of aromatic amines is 1. The monoisotopic (exact) mass is 380 g/mol. The molecular weight excluding hydrogens is 367 g/mol. The average molecular weight is 381 g/mol. The molecule has 6 nitrogen and oxygen atoms in total. The van der Waals surface area contributed by atoms with E-state index >= 15 is 0 Å². The minimum absolute atomic E-state index is 0.426. The van der Waals surface area contributed by atoms with Crippen LogP contribution in [0.2, 0.25) is 10.2 Å². The Morgan fingerprint density at radius 2 is 2.08 bits per heavy atom. The van der Waals surface area contributed by atoms with Gasteiger partial charge in [-0.1, -0.05) is 42.3 Å². The first-order chi connectivity index (χ1) is 11.5. The Kier molecular flexibility index (Phi) is 4.84. The van der Waals surface area contributed by atoms with Crippen molar-refractivity contribution in [3.63, 3.8) is 0 Å². The molecule has 9 heteroatoms. The zero-order valence-corrected chi connectivity index (χ0v) is 15.3. The van der Waals surface area contributed by atoms with Crippen molar-refractivity contribution >= 4 is 41.6 Å². The molecule has 0 atom stereocenters. The molecule has 0 saturated heterocycles. The van der Waals surface area contributed by atoms with Gasteiger partial charge < -0.3 is 0 Å². The number of aryl methyl sites for hydroxylation is 2. The minimum atomic E-state index is 0.426. The third-order valence-electron chi connectivity index (χ3n) is 3.46. The molecule has 0 bridgehead atoms. The molecule has 0 fully saturated rings. The summed E-state index contributed by atoms with van der Waals surface area (Å²) in [6.07, 6.45) is 2.33. The highest BCUT2D eigenvalue weighted by atomic mass is 35.5. The highest BCUT2D eigenvalue weighted by molar-refractivity contribution is 7.71. The maximum absolute atomic E-state index is 6.48. The van der Waals surface area contributed by atoms with Crippen LogP contribution in [0.4, 0.5) is 0 Å². The van der Waals surface area contributed by atoms with Gasteiger partial charge in [0.1, 0.15) is 5.15 Å². The van der Waals surface area contributed by atoms with Gasteiger partial charge in [-0.15, -0.1) is 0 Å². The summed E-state index contributed by atoms with van der Waals surface area (Å²) in [6, 6.07) is 7.37. The summed E-state index contributed by atoms with van der Waals surface area (Å²) < 4.78 is 3.59. The van der Waals surface area contributed by atoms with Crippen molar-refractivity contribution in [3.8, 4) is 5.69 Å². The zero-order chi connectivity index (χ0) is 17.3. The van der Waals surface area contributed by atoms with Gasteiger partial charge >= 0.3 is 0 Å². The molecule has 0 radical (unpaired) electrons. The molecule has 0 amide bonds. The fraction of sp³-hybridized carbons (Fsp3) is 0.200. The number of hydrogen-bond acceptors (Lipinski definition) is 4. The molecule has 0 aliphatic rings. The predicted octanol–water partition coefficient (Wildman–Crippen LogP) is 4.19. The Balaban J connectivity index is 2.04. The molecule has 2 aromatic heterocycles. The van der Waals surface area contributed by atoms with Gasteiger partial charge in [-0.3, -0.25) is 5.10 Å². The summed E-state index contributed by atoms with van der Waals surface area (Å²) in [7, 11) is 0. The molecule has 0 spiro atoms. The van der Waals surface area contributed by atoms with Crippen LogP contribution in [0.1, 0.15) is 24.0 Å². The smallest absolute Gasteiger partial charge is 0.216 e. The first-order valence-corrected chi connectivity index (χ1v) is 8.40. The van der Waals surface area contributed by atoms with Crippen LogP contribution in [0.3, 0.4) is 0 Å². The van der Waals surface area contributed by atoms with Crippen LogP contribution in [0.25, 0.3) is 5.69 Å². The van der Waals surface area contributed by atoms with Crippen molar-refractivity contribution in [2.45, 2.75) is 20.3 Å². The predicted molar refractivity (Wildman–Crippen MR) is 98.1 cm³/mol. The van der Waals surface area contributed by atoms with Gasteiger partial charge in [0.05, 0.1) is 28.2 Å². The molecule has 1 N–H and O–H groups in total. The largest absolute Gasteiger partial charge is 0.250 e. The van der Waals surface area contributed by atoms with Crippen molar-refractivity contribution < 1.29 is 0 Å². The van der Waals surface area contributed by atoms with E-state index in [4.69, 9.17) is 35.4 Å². The van der Waals surface area contributed by atoms with Gasteiger partial charge in [0.15, 0.2) is 5.82 Å². The first kappa shape index (κ1) is 16.9. The van der Waals surface area contributed by atoms with E-state index in [0.29, 0.717) is 32.6 Å². The number of benzene rings is 1. The summed E-state index contributed by atoms with van der Waals surface area (Å²) in [4.78, 5) is 0. The van der Waals surface area contributed by atoms with Crippen molar-refractivity contribution in [1.82, 2.24) is 24.7 Å². The van der Waals surface area contributed by atoms with Gasteiger partial charge in [0.2, 0.25) is 4.77 Å². The fourth-order valence-electron chi connectivity index (χ4n) is 2.23. The lowest BCUT2D eigenvalue weighted by atomic mass is 10.3. The van der Waals surface area contributed by atoms with E-state index in [9.17, 15) is 0 Å². The Morgan fingerprint density at radius 3 is 2.79 bits per heavy atom. The van der Waals surface area contributed by atoms with Crippen LogP contribution < -0.4 is 0 Å². The third kappa shape index (κ3) is 3.02. The van der Waals surface area contributed by atoms with Crippen LogP contribution >= 0.6 is 35.4 Å². The van der Waals surface area contributed by atoms with Crippen molar-refractivity contribution in [2.75, 3.05) is 0 Å². The lowest BCUT2D eigenvalue weighted by Gasteiger charge is -2.04.